The summed E-state index contributed by atoms with van der Waals surface area (Å²) >= 11 is 0. The molecule has 100 valence electrons. The summed E-state index contributed by atoms with van der Waals surface area (Å²) in [6.07, 6.45) is 0. The zero-order valence-corrected chi connectivity index (χ0v) is 11.5. The predicted octanol–water partition coefficient (Wildman–Crippen LogP) is 0.803. The summed E-state index contributed by atoms with van der Waals surface area (Å²) in [5.41, 5.74) is 10.5. The van der Waals surface area contributed by atoms with E-state index in [4.69, 9.17) is 16.2 Å². The standard InChI is InChI=1S/C12H24N2O3/c1-11(2,3)7(13)9(15)17-10(16)8(14)12(4,5)6/h7-8H,13-14H2,1-6H3/t7-,8-/m1/s1. The third-order valence-electron chi connectivity index (χ3n) is 2.58. The topological polar surface area (TPSA) is 95.4 Å². The summed E-state index contributed by atoms with van der Waals surface area (Å²) in [5.74, 6) is -1.47. The van der Waals surface area contributed by atoms with E-state index in [1.807, 2.05) is 0 Å². The monoisotopic (exact) mass is 244 g/mol. The van der Waals surface area contributed by atoms with Crippen LogP contribution in [-0.4, -0.2) is 24.0 Å². The van der Waals surface area contributed by atoms with Crippen molar-refractivity contribution >= 4 is 11.9 Å². The minimum Gasteiger partial charge on any atom is -0.391 e. The summed E-state index contributed by atoms with van der Waals surface area (Å²) in [4.78, 5) is 23.2. The van der Waals surface area contributed by atoms with Crippen LogP contribution >= 0.6 is 0 Å². The smallest absolute Gasteiger partial charge is 0.331 e. The van der Waals surface area contributed by atoms with Gasteiger partial charge >= 0.3 is 11.9 Å². The Bertz CT molecular complexity index is 270. The Kier molecular flexibility index (Phi) is 4.86. The van der Waals surface area contributed by atoms with Gasteiger partial charge in [0, 0.05) is 0 Å². The Morgan fingerprint density at radius 1 is 0.824 bits per heavy atom. The highest BCUT2D eigenvalue weighted by atomic mass is 16.6. The van der Waals surface area contributed by atoms with E-state index in [2.05, 4.69) is 0 Å². The van der Waals surface area contributed by atoms with Gasteiger partial charge in [-0.3, -0.25) is 0 Å². The van der Waals surface area contributed by atoms with Gasteiger partial charge in [0.25, 0.3) is 0 Å². The molecular weight excluding hydrogens is 220 g/mol. The lowest BCUT2D eigenvalue weighted by Gasteiger charge is -2.27. The second kappa shape index (κ2) is 5.14. The Balaban J connectivity index is 4.57. The molecule has 0 rings (SSSR count). The van der Waals surface area contributed by atoms with Crippen molar-refractivity contribution in [1.82, 2.24) is 0 Å². The molecule has 0 radical (unpaired) electrons. The molecule has 4 N–H and O–H groups in total. The van der Waals surface area contributed by atoms with Gasteiger partial charge in [-0.05, 0) is 10.8 Å². The van der Waals surface area contributed by atoms with Gasteiger partial charge in [0.15, 0.2) is 0 Å². The number of rotatable bonds is 2. The van der Waals surface area contributed by atoms with E-state index in [0.29, 0.717) is 0 Å². The van der Waals surface area contributed by atoms with Crippen molar-refractivity contribution in [2.75, 3.05) is 0 Å². The molecule has 0 aliphatic rings. The molecule has 0 spiro atoms. The van der Waals surface area contributed by atoms with Crippen LogP contribution in [0.2, 0.25) is 0 Å². The van der Waals surface area contributed by atoms with Gasteiger partial charge in [-0.15, -0.1) is 0 Å². The number of hydrogen-bond acceptors (Lipinski definition) is 5. The van der Waals surface area contributed by atoms with Crippen LogP contribution in [-0.2, 0) is 14.3 Å². The average Bonchev–Trinajstić information content (AvgIpc) is 2.12. The van der Waals surface area contributed by atoms with Gasteiger partial charge in [0.05, 0.1) is 0 Å². The van der Waals surface area contributed by atoms with Gasteiger partial charge < -0.3 is 16.2 Å². The van der Waals surface area contributed by atoms with Crippen LogP contribution in [0.5, 0.6) is 0 Å². The zero-order chi connectivity index (χ0) is 14.0. The SMILES string of the molecule is CC(C)(C)[C@H](N)C(=O)OC(=O)[C@@H](N)C(C)(C)C. The van der Waals surface area contributed by atoms with Crippen molar-refractivity contribution in [3.63, 3.8) is 0 Å². The summed E-state index contributed by atoms with van der Waals surface area (Å²) in [5, 5.41) is 0. The molecule has 0 aromatic rings. The van der Waals surface area contributed by atoms with Crippen molar-refractivity contribution in [3.05, 3.63) is 0 Å². The molecule has 0 fully saturated rings. The Morgan fingerprint density at radius 3 is 1.24 bits per heavy atom. The molecule has 0 aromatic carbocycles. The van der Waals surface area contributed by atoms with Crippen molar-refractivity contribution in [1.29, 1.82) is 0 Å². The molecule has 0 aliphatic heterocycles. The lowest BCUT2D eigenvalue weighted by atomic mass is 9.86. The minimum atomic E-state index is -0.849. The molecule has 0 saturated carbocycles. The molecule has 5 nitrogen and oxygen atoms in total. The van der Waals surface area contributed by atoms with E-state index in [0.717, 1.165) is 0 Å². The number of carbonyl (C=O) groups excluding carboxylic acids is 2. The lowest BCUT2D eigenvalue weighted by molar-refractivity contribution is -0.164. The zero-order valence-electron chi connectivity index (χ0n) is 11.5. The normalized spacial score (nSPS) is 16.2. The first kappa shape index (κ1) is 16.1. The Morgan fingerprint density at radius 2 is 1.06 bits per heavy atom. The highest BCUT2D eigenvalue weighted by Gasteiger charge is 2.34. The minimum absolute atomic E-state index is 0.455. The maximum Gasteiger partial charge on any atom is 0.331 e. The largest absolute Gasteiger partial charge is 0.391 e. The summed E-state index contributed by atoms with van der Waals surface area (Å²) < 4.78 is 4.70. The van der Waals surface area contributed by atoms with Gasteiger partial charge in [-0.1, -0.05) is 41.5 Å². The molecule has 0 aliphatic carbocycles. The van der Waals surface area contributed by atoms with Crippen LogP contribution in [0, 0.1) is 10.8 Å². The predicted molar refractivity (Wildman–Crippen MR) is 66.0 cm³/mol. The second-order valence-electron chi connectivity index (χ2n) is 6.43. The number of ether oxygens (including phenoxy) is 1. The maximum atomic E-state index is 11.6. The maximum absolute atomic E-state index is 11.6. The lowest BCUT2D eigenvalue weighted by Crippen LogP contribution is -2.49. The molecule has 5 heteroatoms. The Labute approximate surface area is 103 Å². The fourth-order valence-corrected chi connectivity index (χ4v) is 0.933. The van der Waals surface area contributed by atoms with Crippen molar-refractivity contribution in [2.24, 2.45) is 22.3 Å². The summed E-state index contributed by atoms with van der Waals surface area (Å²) in [6.45, 7) is 10.8. The number of hydrogen-bond donors (Lipinski definition) is 2. The molecule has 0 unspecified atom stereocenters. The highest BCUT2D eigenvalue weighted by Crippen LogP contribution is 2.21. The van der Waals surface area contributed by atoms with Crippen LogP contribution in [0.15, 0.2) is 0 Å². The van der Waals surface area contributed by atoms with E-state index in [1.165, 1.54) is 0 Å². The third kappa shape index (κ3) is 4.83. The second-order valence-corrected chi connectivity index (χ2v) is 6.43. The molecule has 17 heavy (non-hydrogen) atoms. The molecule has 0 bridgehead atoms. The first-order chi connectivity index (χ1) is 7.37. The van der Waals surface area contributed by atoms with Crippen LogP contribution in [0.1, 0.15) is 41.5 Å². The van der Waals surface area contributed by atoms with Crippen LogP contribution in [0.25, 0.3) is 0 Å². The average molecular weight is 244 g/mol. The van der Waals surface area contributed by atoms with Gasteiger partial charge in [0.2, 0.25) is 0 Å². The summed E-state index contributed by atoms with van der Waals surface area (Å²) in [6, 6.07) is -1.70. The molecule has 0 amide bonds. The van der Waals surface area contributed by atoms with E-state index in [-0.39, 0.29) is 0 Å². The molecule has 0 aromatic heterocycles. The highest BCUT2D eigenvalue weighted by molar-refractivity contribution is 5.91. The third-order valence-corrected chi connectivity index (χ3v) is 2.58. The number of carbonyl (C=O) groups is 2. The number of nitrogens with two attached hydrogens (primary N) is 2. The van der Waals surface area contributed by atoms with Crippen molar-refractivity contribution in [2.45, 2.75) is 53.6 Å². The van der Waals surface area contributed by atoms with Crippen LogP contribution in [0.3, 0.4) is 0 Å². The first-order valence-corrected chi connectivity index (χ1v) is 5.64. The van der Waals surface area contributed by atoms with Gasteiger partial charge in [0.1, 0.15) is 12.1 Å². The Hall–Kier alpha value is -0.940. The van der Waals surface area contributed by atoms with E-state index < -0.39 is 34.9 Å². The molecule has 0 saturated heterocycles. The first-order valence-electron chi connectivity index (χ1n) is 5.64. The van der Waals surface area contributed by atoms with E-state index in [1.54, 1.807) is 41.5 Å². The van der Waals surface area contributed by atoms with E-state index >= 15 is 0 Å². The molecule has 2 atom stereocenters. The van der Waals surface area contributed by atoms with Gasteiger partial charge in [-0.2, -0.15) is 0 Å². The van der Waals surface area contributed by atoms with Gasteiger partial charge in [-0.25, -0.2) is 9.59 Å². The van der Waals surface area contributed by atoms with Crippen LogP contribution < -0.4 is 11.5 Å². The molecular formula is C12H24N2O3. The quantitative estimate of drug-likeness (QED) is 0.553. The van der Waals surface area contributed by atoms with E-state index in [9.17, 15) is 9.59 Å². The van der Waals surface area contributed by atoms with Crippen molar-refractivity contribution < 1.29 is 14.3 Å². The number of esters is 2. The fourth-order valence-electron chi connectivity index (χ4n) is 0.933. The summed E-state index contributed by atoms with van der Waals surface area (Å²) in [7, 11) is 0. The van der Waals surface area contributed by atoms with Crippen LogP contribution in [0.4, 0.5) is 0 Å². The fraction of sp³-hybridized carbons (Fsp3) is 0.833. The van der Waals surface area contributed by atoms with Crippen molar-refractivity contribution in [3.8, 4) is 0 Å². The molecule has 0 heterocycles.